The molecule has 0 amide bonds. The van der Waals surface area contributed by atoms with Gasteiger partial charge in [-0.25, -0.2) is 0 Å². The number of methoxy groups -OCH3 is 2. The van der Waals surface area contributed by atoms with Crippen LogP contribution >= 0.6 is 0 Å². The van der Waals surface area contributed by atoms with E-state index in [0.29, 0.717) is 5.92 Å². The van der Waals surface area contributed by atoms with Crippen molar-refractivity contribution >= 4 is 22.5 Å². The minimum absolute atomic E-state index is 0.0426. The van der Waals surface area contributed by atoms with E-state index in [1.54, 1.807) is 14.2 Å². The van der Waals surface area contributed by atoms with Crippen molar-refractivity contribution in [2.75, 3.05) is 32.2 Å². The van der Waals surface area contributed by atoms with Gasteiger partial charge in [-0.15, -0.1) is 0 Å². The minimum atomic E-state index is -0.784. The van der Waals surface area contributed by atoms with Crippen LogP contribution in [0.4, 0.5) is 5.69 Å². The van der Waals surface area contributed by atoms with Crippen LogP contribution in [0.25, 0.3) is 28.0 Å². The number of ether oxygens (including phenoxy) is 3. The van der Waals surface area contributed by atoms with Crippen LogP contribution in [0.1, 0.15) is 79.2 Å². The van der Waals surface area contributed by atoms with E-state index in [-0.39, 0.29) is 5.41 Å². The SMILES string of the molecule is COc1ccc2c(c1)C1(CC3CCCCC31)c1c3c(c4cc(OC)ccc4c1-2)OC(c1ccccc1)(c1ccc(N2CCCCC2)cc1)C=C3. The normalized spacial score (nSPS) is 26.0. The van der Waals surface area contributed by atoms with Crippen LogP contribution in [0, 0.1) is 11.8 Å². The summed E-state index contributed by atoms with van der Waals surface area (Å²) in [5, 5.41) is 2.34. The van der Waals surface area contributed by atoms with Gasteiger partial charge in [0, 0.05) is 46.3 Å². The maximum absolute atomic E-state index is 7.68. The molecule has 4 heteroatoms. The molecular weight excluding hydrogens is 615 g/mol. The van der Waals surface area contributed by atoms with Gasteiger partial charge in [-0.2, -0.15) is 0 Å². The van der Waals surface area contributed by atoms with Gasteiger partial charge >= 0.3 is 0 Å². The molecule has 3 aliphatic carbocycles. The van der Waals surface area contributed by atoms with Crippen molar-refractivity contribution in [3.63, 3.8) is 0 Å². The fraction of sp³-hybridized carbons (Fsp3) is 0.348. The van der Waals surface area contributed by atoms with Crippen LogP contribution in [0.15, 0.2) is 97.1 Å². The molecule has 2 aliphatic heterocycles. The zero-order valence-electron chi connectivity index (χ0n) is 29.2. The Labute approximate surface area is 295 Å². The van der Waals surface area contributed by atoms with Crippen molar-refractivity contribution in [2.24, 2.45) is 11.8 Å². The van der Waals surface area contributed by atoms with Crippen molar-refractivity contribution < 1.29 is 14.2 Å². The molecule has 5 aliphatic rings. The van der Waals surface area contributed by atoms with Crippen molar-refractivity contribution in [3.8, 4) is 28.4 Å². The molecule has 0 N–H and O–H groups in total. The fourth-order valence-electron chi connectivity index (χ4n) is 10.7. The van der Waals surface area contributed by atoms with Crippen LogP contribution in [0.2, 0.25) is 0 Å². The lowest BCUT2D eigenvalue weighted by molar-refractivity contribution is 0.0240. The number of benzene rings is 5. The van der Waals surface area contributed by atoms with E-state index in [9.17, 15) is 0 Å². The average Bonchev–Trinajstić information content (AvgIpc) is 3.50. The number of fused-ring (bicyclic) bond motifs is 12. The molecule has 252 valence electrons. The lowest BCUT2D eigenvalue weighted by Crippen LogP contribution is -2.52. The molecule has 0 radical (unpaired) electrons. The van der Waals surface area contributed by atoms with E-state index in [2.05, 4.69) is 108 Å². The van der Waals surface area contributed by atoms with E-state index in [4.69, 9.17) is 14.2 Å². The van der Waals surface area contributed by atoms with Crippen molar-refractivity contribution in [3.05, 3.63) is 125 Å². The van der Waals surface area contributed by atoms with Gasteiger partial charge in [-0.05, 0) is 120 Å². The number of hydrogen-bond donors (Lipinski definition) is 0. The number of hydrogen-bond acceptors (Lipinski definition) is 4. The summed E-state index contributed by atoms with van der Waals surface area (Å²) in [6, 6.07) is 33.4. The summed E-state index contributed by atoms with van der Waals surface area (Å²) in [6.07, 6.45) is 15.1. The first-order chi connectivity index (χ1) is 24.6. The zero-order valence-corrected chi connectivity index (χ0v) is 29.2. The summed E-state index contributed by atoms with van der Waals surface area (Å²) < 4.78 is 19.4. The van der Waals surface area contributed by atoms with Crippen molar-refractivity contribution in [1.82, 2.24) is 0 Å². The molecule has 2 heterocycles. The van der Waals surface area contributed by atoms with E-state index in [1.165, 1.54) is 90.3 Å². The van der Waals surface area contributed by atoms with E-state index in [1.807, 2.05) is 0 Å². The van der Waals surface area contributed by atoms with Crippen LogP contribution in [0.3, 0.4) is 0 Å². The third-order valence-corrected chi connectivity index (χ3v) is 13.0. The summed E-state index contributed by atoms with van der Waals surface area (Å²) in [7, 11) is 3.55. The van der Waals surface area contributed by atoms with Crippen LogP contribution in [-0.4, -0.2) is 27.3 Å². The summed E-state index contributed by atoms with van der Waals surface area (Å²) in [5.41, 5.74) is 9.61. The molecule has 0 aromatic heterocycles. The highest BCUT2D eigenvalue weighted by atomic mass is 16.5. The largest absolute Gasteiger partial charge is 0.497 e. The maximum Gasteiger partial charge on any atom is 0.178 e. The van der Waals surface area contributed by atoms with Gasteiger partial charge in [-0.1, -0.05) is 73.9 Å². The first kappa shape index (κ1) is 30.2. The second-order valence-corrected chi connectivity index (χ2v) is 15.3. The van der Waals surface area contributed by atoms with Crippen molar-refractivity contribution in [2.45, 2.75) is 62.4 Å². The molecule has 1 saturated heterocycles. The van der Waals surface area contributed by atoms with Gasteiger partial charge in [-0.3, -0.25) is 0 Å². The maximum atomic E-state index is 7.68. The molecule has 4 nitrogen and oxygen atoms in total. The first-order valence-corrected chi connectivity index (χ1v) is 18.8. The number of rotatable bonds is 5. The highest BCUT2D eigenvalue weighted by molar-refractivity contribution is 6.09. The Hall–Kier alpha value is -4.70. The third-order valence-electron chi connectivity index (χ3n) is 13.0. The third kappa shape index (κ3) is 4.17. The quantitative estimate of drug-likeness (QED) is 0.188. The average molecular weight is 660 g/mol. The number of anilines is 1. The van der Waals surface area contributed by atoms with E-state index >= 15 is 0 Å². The smallest absolute Gasteiger partial charge is 0.178 e. The number of piperidine rings is 1. The van der Waals surface area contributed by atoms with Gasteiger partial charge in [0.15, 0.2) is 5.60 Å². The molecule has 3 fully saturated rings. The lowest BCUT2D eigenvalue weighted by Gasteiger charge is -2.58. The number of nitrogens with zero attached hydrogens (tertiary/aromatic N) is 1. The molecule has 5 aromatic rings. The molecular formula is C46H45NO3. The van der Waals surface area contributed by atoms with E-state index < -0.39 is 5.60 Å². The lowest BCUT2D eigenvalue weighted by atomic mass is 9.46. The van der Waals surface area contributed by atoms with Crippen molar-refractivity contribution in [1.29, 1.82) is 0 Å². The summed E-state index contributed by atoms with van der Waals surface area (Å²) in [5.74, 6) is 4.14. The van der Waals surface area contributed by atoms with Gasteiger partial charge in [0.05, 0.1) is 14.2 Å². The van der Waals surface area contributed by atoms with Gasteiger partial charge in [0.2, 0.25) is 0 Å². The molecule has 4 atom stereocenters. The van der Waals surface area contributed by atoms with Crippen LogP contribution in [0.5, 0.6) is 17.2 Å². The van der Waals surface area contributed by atoms with Gasteiger partial charge < -0.3 is 19.1 Å². The first-order valence-electron chi connectivity index (χ1n) is 18.8. The summed E-state index contributed by atoms with van der Waals surface area (Å²) in [6.45, 7) is 2.26. The second-order valence-electron chi connectivity index (χ2n) is 15.3. The Morgan fingerprint density at radius 1 is 0.720 bits per heavy atom. The van der Waals surface area contributed by atoms with Crippen LogP contribution in [-0.2, 0) is 11.0 Å². The molecule has 50 heavy (non-hydrogen) atoms. The Bertz CT molecular complexity index is 2150. The Balaban J connectivity index is 1.22. The summed E-state index contributed by atoms with van der Waals surface area (Å²) >= 11 is 0. The standard InChI is InChI=1S/C46H45NO3/c1-48-34-19-21-36-39(27-34)44-38(43-42(36)37-22-20-35(49-2)28-41(37)45(43)29-30-11-7-8-14-40(30)45)23-24-46(50-44,31-12-5-3-6-13-31)32-15-17-33(18-16-32)47-25-9-4-10-26-47/h3,5-6,12-13,15-24,27-28,30,40H,4,7-11,14,25-26,29H2,1-2H3. The minimum Gasteiger partial charge on any atom is -0.497 e. The second kappa shape index (κ2) is 11.4. The van der Waals surface area contributed by atoms with Gasteiger partial charge in [0.1, 0.15) is 17.2 Å². The highest BCUT2D eigenvalue weighted by Crippen LogP contribution is 2.70. The van der Waals surface area contributed by atoms with Gasteiger partial charge in [0.25, 0.3) is 0 Å². The topological polar surface area (TPSA) is 30.9 Å². The van der Waals surface area contributed by atoms with Crippen LogP contribution < -0.4 is 19.1 Å². The molecule has 5 aromatic carbocycles. The molecule has 0 bridgehead atoms. The van der Waals surface area contributed by atoms with E-state index in [0.717, 1.165) is 52.8 Å². The molecule has 2 saturated carbocycles. The highest BCUT2D eigenvalue weighted by Gasteiger charge is 2.61. The fourth-order valence-corrected chi connectivity index (χ4v) is 10.7. The Morgan fingerprint density at radius 2 is 1.46 bits per heavy atom. The zero-order chi connectivity index (χ0) is 33.5. The summed E-state index contributed by atoms with van der Waals surface area (Å²) in [4.78, 5) is 2.53. The monoisotopic (exact) mass is 659 g/mol. The Morgan fingerprint density at radius 3 is 2.24 bits per heavy atom. The predicted octanol–water partition coefficient (Wildman–Crippen LogP) is 10.7. The molecule has 1 spiro atoms. The predicted molar refractivity (Wildman–Crippen MR) is 203 cm³/mol. The Kier molecular flexibility index (Phi) is 6.88. The molecule has 4 unspecified atom stereocenters. The molecule has 10 rings (SSSR count).